The molecule has 0 bridgehead atoms. The minimum Gasteiger partial charge on any atom is -0.366 e. The highest BCUT2D eigenvalue weighted by atomic mass is 19.1. The van der Waals surface area contributed by atoms with Gasteiger partial charge in [0.25, 0.3) is 5.91 Å². The van der Waals surface area contributed by atoms with Gasteiger partial charge >= 0.3 is 0 Å². The Labute approximate surface area is 155 Å². The number of hydrogen-bond donors (Lipinski definition) is 2. The first-order valence-corrected chi connectivity index (χ1v) is 8.93. The van der Waals surface area contributed by atoms with E-state index in [1.807, 2.05) is 6.07 Å². The second-order valence-electron chi connectivity index (χ2n) is 7.03. The number of imidazole rings is 1. The van der Waals surface area contributed by atoms with Crippen LogP contribution in [-0.4, -0.2) is 34.4 Å². The maximum atomic E-state index is 14.8. The van der Waals surface area contributed by atoms with Crippen molar-refractivity contribution in [2.24, 2.45) is 5.73 Å². The van der Waals surface area contributed by atoms with Crippen LogP contribution in [0.2, 0.25) is 0 Å². The Morgan fingerprint density at radius 1 is 1.26 bits per heavy atom. The molecule has 1 unspecified atom stereocenters. The number of nitrogens with one attached hydrogen (secondary N) is 1. The summed E-state index contributed by atoms with van der Waals surface area (Å²) in [5.41, 5.74) is 7.00. The molecule has 0 spiro atoms. The molecule has 0 radical (unpaired) electrons. The van der Waals surface area contributed by atoms with E-state index < -0.39 is 17.5 Å². The Kier molecular flexibility index (Phi) is 4.39. The van der Waals surface area contributed by atoms with E-state index in [4.69, 9.17) is 5.73 Å². The number of aromatic amines is 1. The molecular weight excluding hydrogens is 350 g/mol. The third kappa shape index (κ3) is 3.19. The van der Waals surface area contributed by atoms with Crippen LogP contribution < -0.4 is 5.73 Å². The van der Waals surface area contributed by atoms with Crippen LogP contribution in [0, 0.1) is 11.6 Å². The fourth-order valence-electron chi connectivity index (χ4n) is 3.82. The van der Waals surface area contributed by atoms with Crippen molar-refractivity contribution < 1.29 is 13.6 Å². The molecule has 1 aliphatic heterocycles. The molecule has 1 saturated heterocycles. The normalized spacial score (nSPS) is 18.1. The molecule has 7 heteroatoms. The summed E-state index contributed by atoms with van der Waals surface area (Å²) in [5.74, 6) is -1.57. The number of nitrogens with zero attached hydrogens (tertiary/aromatic N) is 2. The van der Waals surface area contributed by atoms with Gasteiger partial charge in [-0.2, -0.15) is 0 Å². The van der Waals surface area contributed by atoms with E-state index >= 15 is 0 Å². The molecule has 5 nitrogen and oxygen atoms in total. The summed E-state index contributed by atoms with van der Waals surface area (Å²) in [6, 6.07) is 7.55. The van der Waals surface area contributed by atoms with Crippen molar-refractivity contribution >= 4 is 16.9 Å². The van der Waals surface area contributed by atoms with Crippen LogP contribution in [0.15, 0.2) is 30.3 Å². The minimum absolute atomic E-state index is 0.0339. The van der Waals surface area contributed by atoms with Crippen molar-refractivity contribution in [2.45, 2.75) is 25.3 Å². The molecule has 1 amide bonds. The average Bonchev–Trinajstić information content (AvgIpc) is 3.04. The number of carbonyl (C=O) groups excluding carboxylic acids is 1. The van der Waals surface area contributed by atoms with Gasteiger partial charge in [0.05, 0.1) is 16.6 Å². The van der Waals surface area contributed by atoms with Gasteiger partial charge in [0.2, 0.25) is 0 Å². The van der Waals surface area contributed by atoms with E-state index in [2.05, 4.69) is 21.9 Å². The van der Waals surface area contributed by atoms with Crippen molar-refractivity contribution in [3.05, 3.63) is 53.1 Å². The third-order valence-electron chi connectivity index (χ3n) is 5.22. The van der Waals surface area contributed by atoms with Crippen LogP contribution in [0.3, 0.4) is 0 Å². The van der Waals surface area contributed by atoms with Crippen molar-refractivity contribution in [1.82, 2.24) is 14.9 Å². The minimum atomic E-state index is -0.784. The summed E-state index contributed by atoms with van der Waals surface area (Å²) in [6.45, 7) is 0.999. The van der Waals surface area contributed by atoms with Crippen LogP contribution >= 0.6 is 0 Å². The molecule has 3 N–H and O–H groups in total. The van der Waals surface area contributed by atoms with Crippen LogP contribution in [0.5, 0.6) is 0 Å². The smallest absolute Gasteiger partial charge is 0.251 e. The number of H-pyrrole nitrogens is 1. The number of nitrogens with two attached hydrogens (primary N) is 1. The number of hydrogen-bond acceptors (Lipinski definition) is 3. The van der Waals surface area contributed by atoms with Crippen molar-refractivity contribution in [3.63, 3.8) is 0 Å². The predicted octanol–water partition coefficient (Wildman–Crippen LogP) is 3.76. The third-order valence-corrected chi connectivity index (χ3v) is 5.22. The van der Waals surface area contributed by atoms with Crippen LogP contribution in [0.1, 0.15) is 41.2 Å². The Bertz CT molecular complexity index is 1030. The van der Waals surface area contributed by atoms with Gasteiger partial charge in [-0.25, -0.2) is 13.8 Å². The van der Waals surface area contributed by atoms with E-state index in [-0.39, 0.29) is 28.5 Å². The molecule has 1 fully saturated rings. The Morgan fingerprint density at radius 3 is 2.78 bits per heavy atom. The highest BCUT2D eigenvalue weighted by Crippen LogP contribution is 2.32. The molecule has 0 saturated carbocycles. The maximum Gasteiger partial charge on any atom is 0.251 e. The molecule has 3 aromatic rings. The Balaban J connectivity index is 1.75. The quantitative estimate of drug-likeness (QED) is 0.737. The zero-order chi connectivity index (χ0) is 19.1. The first-order chi connectivity index (χ1) is 12.9. The van der Waals surface area contributed by atoms with Gasteiger partial charge in [-0.3, -0.25) is 9.69 Å². The van der Waals surface area contributed by atoms with E-state index in [9.17, 15) is 13.6 Å². The monoisotopic (exact) mass is 370 g/mol. The van der Waals surface area contributed by atoms with Crippen molar-refractivity contribution in [1.29, 1.82) is 0 Å². The van der Waals surface area contributed by atoms with Gasteiger partial charge in [-0.1, -0.05) is 12.5 Å². The van der Waals surface area contributed by atoms with Crippen molar-refractivity contribution in [3.8, 4) is 11.4 Å². The van der Waals surface area contributed by atoms with E-state index in [0.717, 1.165) is 37.4 Å². The van der Waals surface area contributed by atoms with E-state index in [1.54, 1.807) is 6.07 Å². The molecule has 140 valence electrons. The predicted molar refractivity (Wildman–Crippen MR) is 99.2 cm³/mol. The molecule has 1 atom stereocenters. The molecule has 2 aromatic carbocycles. The summed E-state index contributed by atoms with van der Waals surface area (Å²) < 4.78 is 28.6. The second kappa shape index (κ2) is 6.74. The van der Waals surface area contributed by atoms with E-state index in [0.29, 0.717) is 5.52 Å². The molecule has 1 aliphatic rings. The molecule has 1 aromatic heterocycles. The lowest BCUT2D eigenvalue weighted by Crippen LogP contribution is -2.29. The second-order valence-corrected chi connectivity index (χ2v) is 7.03. The van der Waals surface area contributed by atoms with Gasteiger partial charge in [0, 0.05) is 6.04 Å². The summed E-state index contributed by atoms with van der Waals surface area (Å²) in [4.78, 5) is 21.0. The summed E-state index contributed by atoms with van der Waals surface area (Å²) >= 11 is 0. The van der Waals surface area contributed by atoms with Gasteiger partial charge in [0.1, 0.15) is 23.0 Å². The molecule has 0 aliphatic carbocycles. The van der Waals surface area contributed by atoms with Gasteiger partial charge < -0.3 is 10.7 Å². The van der Waals surface area contributed by atoms with Crippen LogP contribution in [0.4, 0.5) is 8.78 Å². The number of piperidine rings is 1. The number of benzene rings is 2. The average molecular weight is 370 g/mol. The Morgan fingerprint density at radius 2 is 2.07 bits per heavy atom. The number of halogens is 2. The summed E-state index contributed by atoms with van der Waals surface area (Å²) in [5, 5.41) is 0. The number of likely N-dealkylation sites (tertiary alicyclic amines) is 1. The lowest BCUT2D eigenvalue weighted by molar-refractivity contribution is 0.100. The number of fused-ring (bicyclic) bond motifs is 1. The highest BCUT2D eigenvalue weighted by molar-refractivity contribution is 6.04. The zero-order valence-electron chi connectivity index (χ0n) is 14.9. The molecular formula is C20H20F2N4O. The zero-order valence-corrected chi connectivity index (χ0v) is 14.9. The molecule has 27 heavy (non-hydrogen) atoms. The molecule has 4 rings (SSSR count). The summed E-state index contributed by atoms with van der Waals surface area (Å²) in [6.07, 6.45) is 3.29. The van der Waals surface area contributed by atoms with E-state index in [1.165, 1.54) is 12.1 Å². The first kappa shape index (κ1) is 17.6. The lowest BCUT2D eigenvalue weighted by atomic mass is 9.95. The SMILES string of the molecule is CN1CCCCC1c1ccc(-c2nc3c(C(N)=O)cc(F)cc3[nH]2)c(F)c1. The lowest BCUT2D eigenvalue weighted by Gasteiger charge is -2.32. The maximum absolute atomic E-state index is 14.8. The molecule has 2 heterocycles. The fourth-order valence-corrected chi connectivity index (χ4v) is 3.82. The first-order valence-electron chi connectivity index (χ1n) is 8.93. The Hall–Kier alpha value is -2.80. The van der Waals surface area contributed by atoms with Crippen molar-refractivity contribution in [2.75, 3.05) is 13.6 Å². The van der Waals surface area contributed by atoms with Gasteiger partial charge in [0.15, 0.2) is 0 Å². The number of rotatable bonds is 3. The highest BCUT2D eigenvalue weighted by Gasteiger charge is 2.22. The number of carbonyl (C=O) groups is 1. The standard InChI is InChI=1S/C20H20F2N4O/c1-26-7-3-2-4-17(26)11-5-6-13(15(22)8-11)20-24-16-10-12(21)9-14(19(23)27)18(16)25-20/h5-6,8-10,17H,2-4,7H2,1H3,(H2,23,27)(H,24,25). The van der Waals surface area contributed by atoms with Gasteiger partial charge in [-0.15, -0.1) is 0 Å². The number of aromatic nitrogens is 2. The van der Waals surface area contributed by atoms with Crippen LogP contribution in [-0.2, 0) is 0 Å². The summed E-state index contributed by atoms with van der Waals surface area (Å²) in [7, 11) is 2.05. The largest absolute Gasteiger partial charge is 0.366 e. The number of amides is 1. The van der Waals surface area contributed by atoms with Gasteiger partial charge in [-0.05, 0) is 56.3 Å². The van der Waals surface area contributed by atoms with Crippen LogP contribution in [0.25, 0.3) is 22.4 Å². The number of primary amides is 1. The topological polar surface area (TPSA) is 75.0 Å². The fraction of sp³-hybridized carbons (Fsp3) is 0.300.